The number of hydrazone groups is 1. The maximum Gasteiger partial charge on any atom is 0.0750 e. The monoisotopic (exact) mass is 245 g/mol. The van der Waals surface area contributed by atoms with E-state index in [0.29, 0.717) is 12.0 Å². The molecule has 0 atom stereocenters. The van der Waals surface area contributed by atoms with Gasteiger partial charge in [-0.25, -0.2) is 0 Å². The van der Waals surface area contributed by atoms with Crippen LogP contribution in [0.4, 0.5) is 0 Å². The van der Waals surface area contributed by atoms with Crippen molar-refractivity contribution in [2.24, 2.45) is 22.9 Å². The molecule has 0 radical (unpaired) electrons. The number of hydrogen-bond acceptors (Lipinski definition) is 3. The van der Waals surface area contributed by atoms with Gasteiger partial charge in [0, 0.05) is 12.8 Å². The molecule has 0 aliphatic heterocycles. The summed E-state index contributed by atoms with van der Waals surface area (Å²) in [6.07, 6.45) is 8.85. The first-order valence-electron chi connectivity index (χ1n) is 7.26. The van der Waals surface area contributed by atoms with Gasteiger partial charge in [-0.05, 0) is 63.2 Å². The molecule has 4 rings (SSSR count). The van der Waals surface area contributed by atoms with Crippen molar-refractivity contribution in [3.63, 3.8) is 0 Å². The van der Waals surface area contributed by atoms with Gasteiger partial charge in [-0.15, -0.1) is 0 Å². The molecule has 4 aliphatic carbocycles. The Bertz CT molecular complexity index is 369. The predicted molar refractivity (Wildman–Crippen MR) is 72.0 cm³/mol. The average molecular weight is 245 g/mol. The molecule has 3 heteroatoms. The molecule has 4 aliphatic rings. The number of nitriles is 1. The molecule has 0 unspecified atom stereocenters. The molecule has 0 aromatic heterocycles. The Balaban J connectivity index is 1.79. The highest BCUT2D eigenvalue weighted by atomic mass is 15.5. The highest BCUT2D eigenvalue weighted by Gasteiger charge is 2.52. The fraction of sp³-hybridized carbons (Fsp3) is 0.867. The summed E-state index contributed by atoms with van der Waals surface area (Å²) in [5, 5.41) is 15.6. The van der Waals surface area contributed by atoms with Crippen molar-refractivity contribution in [2.45, 2.75) is 57.4 Å². The van der Waals surface area contributed by atoms with Crippen LogP contribution in [0.2, 0.25) is 0 Å². The van der Waals surface area contributed by atoms with E-state index in [9.17, 15) is 0 Å². The van der Waals surface area contributed by atoms with Gasteiger partial charge in [-0.1, -0.05) is 0 Å². The first kappa shape index (κ1) is 12.0. The molecule has 4 fully saturated rings. The molecule has 0 aromatic rings. The van der Waals surface area contributed by atoms with E-state index in [2.05, 4.69) is 23.2 Å². The summed E-state index contributed by atoms with van der Waals surface area (Å²) in [6, 6.07) is 2.19. The van der Waals surface area contributed by atoms with E-state index >= 15 is 0 Å². The van der Waals surface area contributed by atoms with E-state index in [1.807, 2.05) is 6.92 Å². The number of nitrogens with zero attached hydrogens (tertiary/aromatic N) is 3. The van der Waals surface area contributed by atoms with E-state index in [0.717, 1.165) is 23.5 Å². The largest absolute Gasteiger partial charge is 0.294 e. The lowest BCUT2D eigenvalue weighted by molar-refractivity contribution is -0.0785. The Hall–Kier alpha value is -1.04. The fourth-order valence-electron chi connectivity index (χ4n) is 4.97. The molecular formula is C15H23N3. The first-order valence-corrected chi connectivity index (χ1v) is 7.26. The zero-order valence-corrected chi connectivity index (χ0v) is 11.5. The molecule has 3 nitrogen and oxygen atoms in total. The van der Waals surface area contributed by atoms with Gasteiger partial charge in [0.05, 0.1) is 18.0 Å². The van der Waals surface area contributed by atoms with Gasteiger partial charge >= 0.3 is 0 Å². The van der Waals surface area contributed by atoms with Crippen molar-refractivity contribution in [1.82, 2.24) is 5.01 Å². The summed E-state index contributed by atoms with van der Waals surface area (Å²) in [6.45, 7) is 1.97. The molecule has 4 bridgehead atoms. The number of hydrogen-bond donors (Lipinski definition) is 0. The van der Waals surface area contributed by atoms with Gasteiger partial charge < -0.3 is 0 Å². The van der Waals surface area contributed by atoms with Crippen molar-refractivity contribution in [2.75, 3.05) is 7.05 Å². The van der Waals surface area contributed by atoms with E-state index in [1.54, 1.807) is 0 Å². The molecule has 4 saturated carbocycles. The van der Waals surface area contributed by atoms with E-state index in [4.69, 9.17) is 5.26 Å². The van der Waals surface area contributed by atoms with Gasteiger partial charge in [-0.3, -0.25) is 5.01 Å². The predicted octanol–water partition coefficient (Wildman–Crippen LogP) is 3.18. The zero-order valence-electron chi connectivity index (χ0n) is 11.5. The Morgan fingerprint density at radius 2 is 1.72 bits per heavy atom. The van der Waals surface area contributed by atoms with Crippen LogP contribution in [0, 0.1) is 29.1 Å². The second-order valence-corrected chi connectivity index (χ2v) is 6.84. The maximum absolute atomic E-state index is 8.73. The molecule has 0 N–H and O–H groups in total. The fourth-order valence-corrected chi connectivity index (χ4v) is 4.97. The highest BCUT2D eigenvalue weighted by molar-refractivity contribution is 5.83. The third-order valence-corrected chi connectivity index (χ3v) is 5.35. The Kier molecular flexibility index (Phi) is 2.84. The van der Waals surface area contributed by atoms with Gasteiger partial charge in [0.1, 0.15) is 0 Å². The van der Waals surface area contributed by atoms with Crippen LogP contribution in [0.3, 0.4) is 0 Å². The molecular weight excluding hydrogens is 222 g/mol. The van der Waals surface area contributed by atoms with Crippen LogP contribution in [-0.4, -0.2) is 23.3 Å². The molecule has 0 spiro atoms. The van der Waals surface area contributed by atoms with Crippen molar-refractivity contribution in [3.8, 4) is 6.07 Å². The summed E-state index contributed by atoms with van der Waals surface area (Å²) >= 11 is 0. The summed E-state index contributed by atoms with van der Waals surface area (Å²) in [7, 11) is 2.13. The van der Waals surface area contributed by atoms with Crippen LogP contribution in [0.15, 0.2) is 5.10 Å². The average Bonchev–Trinajstić information content (AvgIpc) is 2.27. The number of rotatable bonds is 3. The normalized spacial score (nSPS) is 41.8. The quantitative estimate of drug-likeness (QED) is 0.566. The van der Waals surface area contributed by atoms with Crippen LogP contribution in [0.1, 0.15) is 51.9 Å². The molecule has 18 heavy (non-hydrogen) atoms. The smallest absolute Gasteiger partial charge is 0.0750 e. The van der Waals surface area contributed by atoms with E-state index < -0.39 is 0 Å². The van der Waals surface area contributed by atoms with Gasteiger partial charge in [0.25, 0.3) is 0 Å². The molecule has 98 valence electrons. The van der Waals surface area contributed by atoms with Crippen molar-refractivity contribution >= 4 is 5.71 Å². The van der Waals surface area contributed by atoms with Crippen LogP contribution in [0.5, 0.6) is 0 Å². The van der Waals surface area contributed by atoms with Crippen LogP contribution in [0.25, 0.3) is 0 Å². The molecule has 0 heterocycles. The van der Waals surface area contributed by atoms with Gasteiger partial charge in [0.2, 0.25) is 0 Å². The highest BCUT2D eigenvalue weighted by Crippen LogP contribution is 2.57. The topological polar surface area (TPSA) is 39.4 Å². The summed E-state index contributed by atoms with van der Waals surface area (Å²) in [5.74, 6) is 2.85. The second kappa shape index (κ2) is 4.26. The van der Waals surface area contributed by atoms with Crippen molar-refractivity contribution < 1.29 is 0 Å². The van der Waals surface area contributed by atoms with Crippen LogP contribution < -0.4 is 0 Å². The summed E-state index contributed by atoms with van der Waals surface area (Å²) in [5.41, 5.74) is 1.28. The lowest BCUT2D eigenvalue weighted by Crippen LogP contribution is -2.57. The van der Waals surface area contributed by atoms with Crippen molar-refractivity contribution in [3.05, 3.63) is 0 Å². The minimum atomic E-state index is 0.325. The van der Waals surface area contributed by atoms with Crippen LogP contribution >= 0.6 is 0 Å². The summed E-state index contributed by atoms with van der Waals surface area (Å²) in [4.78, 5) is 0. The third kappa shape index (κ3) is 1.92. The maximum atomic E-state index is 8.73. The standard InChI is InChI=1S/C15H23N3/c1-11(3-4-16)17-18(2)15-8-12-5-13(9-15)7-14(6-12)10-15/h12-14H,3,5-10H2,1-2H3/b17-11+. The Morgan fingerprint density at radius 1 is 1.22 bits per heavy atom. The molecule has 0 aromatic carbocycles. The van der Waals surface area contributed by atoms with Gasteiger partial charge in [-0.2, -0.15) is 10.4 Å². The Labute approximate surface area is 110 Å². The van der Waals surface area contributed by atoms with Crippen molar-refractivity contribution in [1.29, 1.82) is 5.26 Å². The Morgan fingerprint density at radius 3 is 2.17 bits per heavy atom. The lowest BCUT2D eigenvalue weighted by atomic mass is 9.53. The SMILES string of the molecule is C/C(CC#N)=N\N(C)C12CC3CC(CC(C3)C1)C2. The lowest BCUT2D eigenvalue weighted by Gasteiger charge is -2.59. The minimum absolute atomic E-state index is 0.325. The third-order valence-electron chi connectivity index (χ3n) is 5.35. The van der Waals surface area contributed by atoms with Crippen LogP contribution in [-0.2, 0) is 0 Å². The second-order valence-electron chi connectivity index (χ2n) is 6.84. The van der Waals surface area contributed by atoms with Gasteiger partial charge in [0.15, 0.2) is 0 Å². The van der Waals surface area contributed by atoms with E-state index in [-0.39, 0.29) is 0 Å². The molecule has 0 amide bonds. The summed E-state index contributed by atoms with van der Waals surface area (Å²) < 4.78 is 0. The first-order chi connectivity index (χ1) is 8.61. The molecule has 0 saturated heterocycles. The zero-order chi connectivity index (χ0) is 12.8. The minimum Gasteiger partial charge on any atom is -0.294 e. The van der Waals surface area contributed by atoms with E-state index in [1.165, 1.54) is 38.5 Å².